The van der Waals surface area contributed by atoms with Gasteiger partial charge in [0.1, 0.15) is 0 Å². The molecule has 0 aliphatic rings. The molecule has 0 aromatic carbocycles. The van der Waals surface area contributed by atoms with Crippen LogP contribution >= 0.6 is 11.6 Å². The van der Waals surface area contributed by atoms with Crippen LogP contribution in [0.4, 0.5) is 0 Å². The zero-order valence-electron chi connectivity index (χ0n) is 6.46. The molecule has 0 unspecified atom stereocenters. The van der Waals surface area contributed by atoms with E-state index in [0.717, 1.165) is 0 Å². The van der Waals surface area contributed by atoms with E-state index in [1.807, 2.05) is 6.92 Å². The van der Waals surface area contributed by atoms with Crippen LogP contribution in [-0.2, 0) is 13.1 Å². The molecule has 4 heteroatoms. The number of hydrogen-bond donors (Lipinski definition) is 0. The Kier molecular flexibility index (Phi) is 2.76. The Morgan fingerprint density at radius 1 is 1.45 bits per heavy atom. The summed E-state index contributed by atoms with van der Waals surface area (Å²) in [5, 5.41) is 0. The van der Waals surface area contributed by atoms with Gasteiger partial charge < -0.3 is 0 Å². The molecule has 0 saturated heterocycles. The van der Waals surface area contributed by atoms with Gasteiger partial charge in [0.25, 0.3) is 0 Å². The highest BCUT2D eigenvalue weighted by Crippen LogP contribution is 1.86. The Labute approximate surface area is 70.2 Å². The van der Waals surface area contributed by atoms with Gasteiger partial charge in [-0.15, -0.1) is 11.6 Å². The molecular formula is C7H11ClN2O. The largest absolute Gasteiger partial charge is 0.328 e. The fourth-order valence-corrected chi connectivity index (χ4v) is 1.14. The van der Waals surface area contributed by atoms with Gasteiger partial charge in [0.15, 0.2) is 0 Å². The summed E-state index contributed by atoms with van der Waals surface area (Å²) in [5.74, 6) is 0.480. The van der Waals surface area contributed by atoms with Crippen molar-refractivity contribution < 1.29 is 0 Å². The highest BCUT2D eigenvalue weighted by atomic mass is 35.5. The molecular weight excluding hydrogens is 164 g/mol. The van der Waals surface area contributed by atoms with Gasteiger partial charge in [-0.05, 0) is 6.92 Å². The fraction of sp³-hybridized carbons (Fsp3) is 0.571. The lowest BCUT2D eigenvalue weighted by Crippen LogP contribution is -2.23. The van der Waals surface area contributed by atoms with Gasteiger partial charge in [-0.25, -0.2) is 4.79 Å². The SMILES string of the molecule is CCn1ccn(CCCl)c1=O. The molecule has 0 amide bonds. The third-order valence-corrected chi connectivity index (χ3v) is 1.75. The lowest BCUT2D eigenvalue weighted by atomic mass is 10.7. The average molecular weight is 175 g/mol. The topological polar surface area (TPSA) is 26.9 Å². The quantitative estimate of drug-likeness (QED) is 0.626. The predicted octanol–water partition coefficient (Wildman–Crippen LogP) is 0.908. The first kappa shape index (κ1) is 8.40. The van der Waals surface area contributed by atoms with Crippen molar-refractivity contribution in [3.05, 3.63) is 22.9 Å². The van der Waals surface area contributed by atoms with Crippen LogP contribution in [-0.4, -0.2) is 15.0 Å². The molecule has 0 aliphatic heterocycles. The average Bonchev–Trinajstić information content (AvgIpc) is 2.34. The molecule has 62 valence electrons. The molecule has 0 fully saturated rings. The maximum Gasteiger partial charge on any atom is 0.328 e. The minimum atomic E-state index is 0.0214. The summed E-state index contributed by atoms with van der Waals surface area (Å²) >= 11 is 5.49. The molecule has 0 N–H and O–H groups in total. The standard InChI is InChI=1S/C7H11ClN2O/c1-2-9-5-6-10(4-3-8)7(9)11/h5-6H,2-4H2,1H3. The van der Waals surface area contributed by atoms with E-state index in [0.29, 0.717) is 19.0 Å². The number of halogens is 1. The summed E-state index contributed by atoms with van der Waals surface area (Å²) in [7, 11) is 0. The molecule has 0 saturated carbocycles. The number of hydrogen-bond acceptors (Lipinski definition) is 1. The van der Waals surface area contributed by atoms with E-state index in [2.05, 4.69) is 0 Å². The van der Waals surface area contributed by atoms with Crippen molar-refractivity contribution in [1.29, 1.82) is 0 Å². The number of rotatable bonds is 3. The molecule has 0 aliphatic carbocycles. The maximum absolute atomic E-state index is 11.3. The van der Waals surface area contributed by atoms with Crippen LogP contribution in [0.3, 0.4) is 0 Å². The van der Waals surface area contributed by atoms with Gasteiger partial charge >= 0.3 is 5.69 Å². The van der Waals surface area contributed by atoms with Gasteiger partial charge in [-0.1, -0.05) is 0 Å². The van der Waals surface area contributed by atoms with Crippen molar-refractivity contribution in [2.45, 2.75) is 20.0 Å². The van der Waals surface area contributed by atoms with E-state index in [1.54, 1.807) is 21.5 Å². The number of aryl methyl sites for hydroxylation is 2. The smallest absolute Gasteiger partial charge is 0.300 e. The van der Waals surface area contributed by atoms with Crippen molar-refractivity contribution >= 4 is 11.6 Å². The number of imidazole rings is 1. The zero-order valence-corrected chi connectivity index (χ0v) is 7.21. The Morgan fingerprint density at radius 2 is 2.09 bits per heavy atom. The van der Waals surface area contributed by atoms with Crippen molar-refractivity contribution in [1.82, 2.24) is 9.13 Å². The molecule has 0 bridgehead atoms. The second-order valence-electron chi connectivity index (χ2n) is 2.25. The number of aromatic nitrogens is 2. The van der Waals surface area contributed by atoms with Crippen molar-refractivity contribution in [3.63, 3.8) is 0 Å². The Balaban J connectivity index is 2.92. The van der Waals surface area contributed by atoms with Crippen LogP contribution in [0, 0.1) is 0 Å². The van der Waals surface area contributed by atoms with E-state index in [4.69, 9.17) is 11.6 Å². The van der Waals surface area contributed by atoms with Gasteiger partial charge in [-0.3, -0.25) is 9.13 Å². The summed E-state index contributed by atoms with van der Waals surface area (Å²) in [5.41, 5.74) is 0.0214. The minimum absolute atomic E-state index is 0.0214. The van der Waals surface area contributed by atoms with Crippen molar-refractivity contribution in [2.24, 2.45) is 0 Å². The second kappa shape index (κ2) is 3.62. The number of alkyl halides is 1. The summed E-state index contributed by atoms with van der Waals surface area (Å²) in [6.45, 7) is 3.24. The molecule has 0 radical (unpaired) electrons. The molecule has 3 nitrogen and oxygen atoms in total. The van der Waals surface area contributed by atoms with Crippen LogP contribution in [0.1, 0.15) is 6.92 Å². The summed E-state index contributed by atoms with van der Waals surface area (Å²) in [6, 6.07) is 0. The molecule has 1 heterocycles. The predicted molar refractivity (Wildman–Crippen MR) is 45.1 cm³/mol. The summed E-state index contributed by atoms with van der Waals surface area (Å²) in [4.78, 5) is 11.3. The molecule has 1 aromatic heterocycles. The van der Waals surface area contributed by atoms with Crippen LogP contribution < -0.4 is 5.69 Å². The van der Waals surface area contributed by atoms with E-state index < -0.39 is 0 Å². The lowest BCUT2D eigenvalue weighted by Gasteiger charge is -1.95. The third kappa shape index (κ3) is 1.66. The Morgan fingerprint density at radius 3 is 2.55 bits per heavy atom. The second-order valence-corrected chi connectivity index (χ2v) is 2.63. The van der Waals surface area contributed by atoms with E-state index >= 15 is 0 Å². The van der Waals surface area contributed by atoms with E-state index in [-0.39, 0.29) is 5.69 Å². The number of nitrogens with zero attached hydrogens (tertiary/aromatic N) is 2. The van der Waals surface area contributed by atoms with Crippen LogP contribution in [0.5, 0.6) is 0 Å². The first-order valence-electron chi connectivity index (χ1n) is 3.61. The Hall–Kier alpha value is -0.700. The monoisotopic (exact) mass is 174 g/mol. The Bertz CT molecular complexity index is 276. The summed E-state index contributed by atoms with van der Waals surface area (Å²) in [6.07, 6.45) is 3.53. The molecule has 11 heavy (non-hydrogen) atoms. The lowest BCUT2D eigenvalue weighted by molar-refractivity contribution is 0.657. The highest BCUT2D eigenvalue weighted by molar-refractivity contribution is 6.17. The van der Waals surface area contributed by atoms with Crippen LogP contribution in [0.2, 0.25) is 0 Å². The van der Waals surface area contributed by atoms with Gasteiger partial charge in [0.2, 0.25) is 0 Å². The minimum Gasteiger partial charge on any atom is -0.300 e. The van der Waals surface area contributed by atoms with Crippen LogP contribution in [0.25, 0.3) is 0 Å². The first-order valence-corrected chi connectivity index (χ1v) is 4.14. The van der Waals surface area contributed by atoms with Crippen molar-refractivity contribution in [2.75, 3.05) is 5.88 Å². The third-order valence-electron chi connectivity index (χ3n) is 1.58. The maximum atomic E-state index is 11.3. The molecule has 0 spiro atoms. The van der Waals surface area contributed by atoms with Crippen LogP contribution in [0.15, 0.2) is 17.2 Å². The summed E-state index contributed by atoms with van der Waals surface area (Å²) < 4.78 is 3.25. The van der Waals surface area contributed by atoms with Crippen molar-refractivity contribution in [3.8, 4) is 0 Å². The van der Waals surface area contributed by atoms with Gasteiger partial charge in [0.05, 0.1) is 0 Å². The van der Waals surface area contributed by atoms with E-state index in [1.165, 1.54) is 0 Å². The molecule has 1 rings (SSSR count). The zero-order chi connectivity index (χ0) is 8.27. The fourth-order valence-electron chi connectivity index (χ4n) is 0.955. The van der Waals surface area contributed by atoms with Gasteiger partial charge in [-0.2, -0.15) is 0 Å². The normalized spacial score (nSPS) is 10.4. The van der Waals surface area contributed by atoms with E-state index in [9.17, 15) is 4.79 Å². The molecule has 0 atom stereocenters. The van der Waals surface area contributed by atoms with Gasteiger partial charge in [0, 0.05) is 31.4 Å². The first-order chi connectivity index (χ1) is 5.29. The molecule has 1 aromatic rings. The highest BCUT2D eigenvalue weighted by Gasteiger charge is 1.98.